The first-order valence-corrected chi connectivity index (χ1v) is 5.47. The van der Waals surface area contributed by atoms with E-state index in [1.54, 1.807) is 6.92 Å². The predicted octanol–water partition coefficient (Wildman–Crippen LogP) is 2.82. The number of nitrogens with one attached hydrogen (secondary N) is 1. The molecule has 0 spiro atoms. The lowest BCUT2D eigenvalue weighted by Gasteiger charge is -2.08. The van der Waals surface area contributed by atoms with Crippen molar-refractivity contribution >= 4 is 17.6 Å². The number of carbonyl (C=O) groups excluding carboxylic acids is 1. The molecule has 0 fully saturated rings. The molecule has 0 aliphatic heterocycles. The van der Waals surface area contributed by atoms with Crippen LogP contribution in [0.2, 0.25) is 0 Å². The fourth-order valence-electron chi connectivity index (χ4n) is 1.58. The first-order valence-electron chi connectivity index (χ1n) is 5.47. The van der Waals surface area contributed by atoms with E-state index < -0.39 is 29.1 Å². The molecule has 1 aromatic heterocycles. The second-order valence-corrected chi connectivity index (χ2v) is 4.02. The third-order valence-corrected chi connectivity index (χ3v) is 2.53. The number of hydrogen-bond donors (Lipinski definition) is 2. The van der Waals surface area contributed by atoms with Gasteiger partial charge in [-0.3, -0.25) is 4.79 Å². The molecule has 2 rings (SSSR count). The molecule has 20 heavy (non-hydrogen) atoms. The van der Waals surface area contributed by atoms with E-state index >= 15 is 0 Å². The van der Waals surface area contributed by atoms with Crippen LogP contribution in [0.5, 0.6) is 0 Å². The number of carboxylic acids is 1. The molecule has 7 heteroatoms. The van der Waals surface area contributed by atoms with Gasteiger partial charge in [0, 0.05) is 6.07 Å². The highest BCUT2D eigenvalue weighted by molar-refractivity contribution is 6.07. The predicted molar refractivity (Wildman–Crippen MR) is 64.7 cm³/mol. The van der Waals surface area contributed by atoms with E-state index in [4.69, 9.17) is 9.52 Å². The zero-order valence-electron chi connectivity index (χ0n) is 10.2. The molecule has 1 heterocycles. The molecule has 0 aliphatic rings. The van der Waals surface area contributed by atoms with Gasteiger partial charge in [-0.1, -0.05) is 0 Å². The third kappa shape index (κ3) is 2.66. The number of anilines is 1. The fourth-order valence-corrected chi connectivity index (χ4v) is 1.58. The molecule has 104 valence electrons. The molecule has 1 aromatic carbocycles. The van der Waals surface area contributed by atoms with Gasteiger partial charge in [0.25, 0.3) is 5.91 Å². The van der Waals surface area contributed by atoms with Gasteiger partial charge >= 0.3 is 5.97 Å². The summed E-state index contributed by atoms with van der Waals surface area (Å²) < 4.78 is 31.1. The van der Waals surface area contributed by atoms with Crippen molar-refractivity contribution in [2.24, 2.45) is 0 Å². The fraction of sp³-hybridized carbons (Fsp3) is 0.0769. The molecular formula is C13H9F2NO4. The number of benzene rings is 1. The largest absolute Gasteiger partial charge is 0.478 e. The Morgan fingerprint density at radius 1 is 1.20 bits per heavy atom. The highest BCUT2D eigenvalue weighted by Gasteiger charge is 2.18. The lowest BCUT2D eigenvalue weighted by molar-refractivity contribution is 0.0697. The van der Waals surface area contributed by atoms with Crippen molar-refractivity contribution in [3.63, 3.8) is 0 Å². The minimum atomic E-state index is -1.48. The number of aryl methyl sites for hydroxylation is 1. The summed E-state index contributed by atoms with van der Waals surface area (Å²) in [6.45, 7) is 1.62. The van der Waals surface area contributed by atoms with Gasteiger partial charge in [0.1, 0.15) is 12.0 Å². The van der Waals surface area contributed by atoms with E-state index in [9.17, 15) is 18.4 Å². The first-order chi connectivity index (χ1) is 9.38. The molecule has 0 aliphatic carbocycles. The van der Waals surface area contributed by atoms with Gasteiger partial charge in [0.2, 0.25) is 0 Å². The first kappa shape index (κ1) is 13.7. The Morgan fingerprint density at radius 3 is 2.40 bits per heavy atom. The van der Waals surface area contributed by atoms with E-state index in [0.717, 1.165) is 0 Å². The number of furan rings is 1. The van der Waals surface area contributed by atoms with Crippen molar-refractivity contribution in [3.05, 3.63) is 53.0 Å². The Balaban J connectivity index is 2.35. The van der Waals surface area contributed by atoms with Crippen LogP contribution in [-0.2, 0) is 0 Å². The highest BCUT2D eigenvalue weighted by Crippen LogP contribution is 2.21. The Bertz CT molecular complexity index is 694. The van der Waals surface area contributed by atoms with Crippen molar-refractivity contribution in [2.45, 2.75) is 6.92 Å². The van der Waals surface area contributed by atoms with Crippen molar-refractivity contribution < 1.29 is 27.9 Å². The summed E-state index contributed by atoms with van der Waals surface area (Å²) in [5.41, 5.74) is -0.735. The summed E-state index contributed by atoms with van der Waals surface area (Å²) in [5, 5.41) is 11.1. The van der Waals surface area contributed by atoms with Crippen LogP contribution in [0, 0.1) is 18.6 Å². The average molecular weight is 281 g/mol. The number of carboxylic acid groups (broad SMARTS) is 1. The van der Waals surface area contributed by atoms with Crippen LogP contribution in [0.3, 0.4) is 0 Å². The summed E-state index contributed by atoms with van der Waals surface area (Å²) in [6.07, 6.45) is 1.17. The van der Waals surface area contributed by atoms with E-state index in [1.165, 1.54) is 12.3 Å². The Kier molecular flexibility index (Phi) is 3.51. The molecule has 5 nitrogen and oxygen atoms in total. The van der Waals surface area contributed by atoms with Gasteiger partial charge < -0.3 is 14.8 Å². The second kappa shape index (κ2) is 5.12. The molecule has 1 amide bonds. The number of amides is 1. The van der Waals surface area contributed by atoms with E-state index in [1.807, 2.05) is 0 Å². The van der Waals surface area contributed by atoms with Crippen LogP contribution in [-0.4, -0.2) is 17.0 Å². The van der Waals surface area contributed by atoms with Gasteiger partial charge in [-0.15, -0.1) is 0 Å². The van der Waals surface area contributed by atoms with Crippen LogP contribution in [0.4, 0.5) is 14.5 Å². The van der Waals surface area contributed by atoms with E-state index in [2.05, 4.69) is 5.32 Å². The number of hydrogen-bond acceptors (Lipinski definition) is 3. The minimum absolute atomic E-state index is 0.142. The Morgan fingerprint density at radius 2 is 1.85 bits per heavy atom. The van der Waals surface area contributed by atoms with Gasteiger partial charge in [-0.05, 0) is 19.1 Å². The Hall–Kier alpha value is -2.70. The summed E-state index contributed by atoms with van der Waals surface area (Å²) in [4.78, 5) is 22.8. The summed E-state index contributed by atoms with van der Waals surface area (Å²) in [7, 11) is 0. The van der Waals surface area contributed by atoms with Crippen molar-refractivity contribution in [3.8, 4) is 0 Å². The van der Waals surface area contributed by atoms with Crippen LogP contribution >= 0.6 is 0 Å². The van der Waals surface area contributed by atoms with Gasteiger partial charge in [-0.25, -0.2) is 13.6 Å². The lowest BCUT2D eigenvalue weighted by Crippen LogP contribution is -2.15. The highest BCUT2D eigenvalue weighted by atomic mass is 19.2. The van der Waals surface area contributed by atoms with Crippen LogP contribution in [0.25, 0.3) is 0 Å². The maximum Gasteiger partial charge on any atom is 0.337 e. The molecule has 0 unspecified atom stereocenters. The van der Waals surface area contributed by atoms with Crippen molar-refractivity contribution in [2.75, 3.05) is 5.32 Å². The van der Waals surface area contributed by atoms with Gasteiger partial charge in [0.05, 0.1) is 16.8 Å². The molecule has 0 saturated carbocycles. The maximum atomic E-state index is 13.1. The number of aromatic carboxylic acids is 1. The summed E-state index contributed by atoms with van der Waals surface area (Å²) in [5.74, 6) is -4.25. The normalized spacial score (nSPS) is 10.3. The molecule has 2 aromatic rings. The zero-order valence-corrected chi connectivity index (χ0v) is 10.2. The number of carbonyl (C=O) groups is 2. The van der Waals surface area contributed by atoms with E-state index in [-0.39, 0.29) is 11.3 Å². The van der Waals surface area contributed by atoms with Crippen molar-refractivity contribution in [1.29, 1.82) is 0 Å². The molecule has 2 N–H and O–H groups in total. The number of rotatable bonds is 3. The molecular weight excluding hydrogens is 272 g/mol. The van der Waals surface area contributed by atoms with Gasteiger partial charge in [0.15, 0.2) is 11.6 Å². The quantitative estimate of drug-likeness (QED) is 0.906. The Labute approximate surface area is 111 Å². The lowest BCUT2D eigenvalue weighted by atomic mass is 10.1. The topological polar surface area (TPSA) is 79.5 Å². The van der Waals surface area contributed by atoms with Crippen molar-refractivity contribution in [1.82, 2.24) is 0 Å². The second-order valence-electron chi connectivity index (χ2n) is 4.02. The average Bonchev–Trinajstić information content (AvgIpc) is 2.80. The SMILES string of the molecule is Cc1cc(C(=O)Nc2cc(F)c(F)cc2C(=O)O)co1. The van der Waals surface area contributed by atoms with Crippen LogP contribution in [0.1, 0.15) is 26.5 Å². The molecule has 0 saturated heterocycles. The monoisotopic (exact) mass is 281 g/mol. The van der Waals surface area contributed by atoms with Crippen LogP contribution in [0.15, 0.2) is 28.9 Å². The maximum absolute atomic E-state index is 13.1. The number of halogens is 2. The standard InChI is InChI=1S/C13H9F2NO4/c1-6-2-7(5-20-6)12(17)16-11-4-10(15)9(14)3-8(11)13(18)19/h2-5H,1H3,(H,16,17)(H,18,19). The van der Waals surface area contributed by atoms with E-state index in [0.29, 0.717) is 17.9 Å². The molecule has 0 bridgehead atoms. The zero-order chi connectivity index (χ0) is 14.9. The summed E-state index contributed by atoms with van der Waals surface area (Å²) in [6, 6.07) is 2.55. The van der Waals surface area contributed by atoms with Crippen LogP contribution < -0.4 is 5.32 Å². The summed E-state index contributed by atoms with van der Waals surface area (Å²) >= 11 is 0. The molecule has 0 radical (unpaired) electrons. The minimum Gasteiger partial charge on any atom is -0.478 e. The molecule has 0 atom stereocenters. The van der Waals surface area contributed by atoms with Gasteiger partial charge in [-0.2, -0.15) is 0 Å². The third-order valence-electron chi connectivity index (χ3n) is 2.53. The smallest absolute Gasteiger partial charge is 0.337 e.